The first-order valence-electron chi connectivity index (χ1n) is 9.36. The molecule has 0 amide bonds. The van der Waals surface area contributed by atoms with Crippen molar-refractivity contribution in [3.05, 3.63) is 90.0 Å². The Labute approximate surface area is 160 Å². The summed E-state index contributed by atoms with van der Waals surface area (Å²) in [5.74, 6) is -0.00693. The monoisotopic (exact) mass is 364 g/mol. The lowest BCUT2D eigenvalue weighted by molar-refractivity contribution is 0.0805. The summed E-state index contributed by atoms with van der Waals surface area (Å²) in [6, 6.07) is 21.5. The highest BCUT2D eigenvalue weighted by atomic mass is 28.3. The Bertz CT molecular complexity index is 724. The highest BCUT2D eigenvalue weighted by molar-refractivity contribution is 6.76. The van der Waals surface area contributed by atoms with Crippen LogP contribution in [0.3, 0.4) is 0 Å². The normalized spacial score (nSPS) is 15.6. The van der Waals surface area contributed by atoms with Crippen molar-refractivity contribution >= 4 is 14.1 Å². The zero-order valence-corrected chi connectivity index (χ0v) is 17.6. The van der Waals surface area contributed by atoms with Crippen molar-refractivity contribution in [1.29, 1.82) is 0 Å². The molecular weight excluding hydrogens is 332 g/mol. The molecule has 0 spiro atoms. The van der Waals surface area contributed by atoms with Gasteiger partial charge in [-0.25, -0.2) is 0 Å². The van der Waals surface area contributed by atoms with Gasteiger partial charge in [0.25, 0.3) is 0 Å². The quantitative estimate of drug-likeness (QED) is 0.417. The summed E-state index contributed by atoms with van der Waals surface area (Å²) in [5.41, 5.74) is 2.55. The van der Waals surface area contributed by atoms with Crippen LogP contribution in [0.5, 0.6) is 0 Å². The summed E-state index contributed by atoms with van der Waals surface area (Å²) < 4.78 is 0. The number of aliphatic hydroxyl groups is 1. The minimum atomic E-state index is -1.22. The molecule has 0 aromatic heterocycles. The molecule has 1 nitrogen and oxygen atoms in total. The van der Waals surface area contributed by atoms with E-state index in [4.69, 9.17) is 0 Å². The maximum atomic E-state index is 11.3. The van der Waals surface area contributed by atoms with Crippen LogP contribution in [0.1, 0.15) is 30.4 Å². The predicted octanol–water partition coefficient (Wildman–Crippen LogP) is 6.52. The molecule has 0 aliphatic heterocycles. The van der Waals surface area contributed by atoms with Crippen molar-refractivity contribution in [1.82, 2.24) is 0 Å². The minimum Gasteiger partial charge on any atom is -0.385 e. The second kappa shape index (κ2) is 8.66. The number of allylic oxidation sites excluding steroid dienone is 1. The van der Waals surface area contributed by atoms with Gasteiger partial charge in [-0.2, -0.15) is 0 Å². The van der Waals surface area contributed by atoms with Crippen LogP contribution in [0.25, 0.3) is 6.08 Å². The molecule has 0 heterocycles. The van der Waals surface area contributed by atoms with Crippen LogP contribution in [0.15, 0.2) is 78.9 Å². The van der Waals surface area contributed by atoms with Gasteiger partial charge in [-0.15, -0.1) is 6.58 Å². The van der Waals surface area contributed by atoms with Crippen LogP contribution in [0.2, 0.25) is 25.7 Å². The smallest absolute Gasteiger partial charge is 0.0874 e. The van der Waals surface area contributed by atoms with Gasteiger partial charge in [0.15, 0.2) is 0 Å². The maximum absolute atomic E-state index is 11.3. The average Bonchev–Trinajstić information content (AvgIpc) is 2.58. The van der Waals surface area contributed by atoms with Crippen LogP contribution in [-0.2, 0) is 0 Å². The van der Waals surface area contributed by atoms with Gasteiger partial charge in [-0.3, -0.25) is 0 Å². The summed E-state index contributed by atoms with van der Waals surface area (Å²) in [5, 5.41) is 11.3. The van der Waals surface area contributed by atoms with Crippen molar-refractivity contribution < 1.29 is 5.11 Å². The molecule has 0 bridgehead atoms. The van der Waals surface area contributed by atoms with Crippen molar-refractivity contribution in [2.75, 3.05) is 0 Å². The third-order valence-electron chi connectivity index (χ3n) is 4.59. The third kappa shape index (κ3) is 6.43. The molecule has 2 unspecified atom stereocenters. The van der Waals surface area contributed by atoms with Crippen LogP contribution < -0.4 is 0 Å². The molecule has 1 N–H and O–H groups in total. The minimum absolute atomic E-state index is 0.00693. The lowest BCUT2D eigenvalue weighted by Gasteiger charge is -2.32. The van der Waals surface area contributed by atoms with E-state index in [0.717, 1.165) is 23.6 Å². The predicted molar refractivity (Wildman–Crippen MR) is 117 cm³/mol. The first-order chi connectivity index (χ1) is 12.2. The molecule has 138 valence electrons. The highest BCUT2D eigenvalue weighted by Gasteiger charge is 2.31. The van der Waals surface area contributed by atoms with Gasteiger partial charge in [0, 0.05) is 14.0 Å². The highest BCUT2D eigenvalue weighted by Crippen LogP contribution is 2.37. The van der Waals surface area contributed by atoms with E-state index in [1.165, 1.54) is 5.57 Å². The molecule has 2 aromatic rings. The largest absolute Gasteiger partial charge is 0.385 e. The molecular formula is C24H32OSi. The summed E-state index contributed by atoms with van der Waals surface area (Å²) in [7, 11) is -1.22. The van der Waals surface area contributed by atoms with E-state index in [9.17, 15) is 5.11 Å². The molecule has 0 saturated heterocycles. The van der Waals surface area contributed by atoms with Crippen LogP contribution in [0, 0.1) is 0 Å². The lowest BCUT2D eigenvalue weighted by Crippen LogP contribution is -2.31. The molecule has 2 atom stereocenters. The average molecular weight is 365 g/mol. The maximum Gasteiger partial charge on any atom is 0.0874 e. The van der Waals surface area contributed by atoms with Crippen molar-refractivity contribution in [2.45, 2.75) is 50.5 Å². The van der Waals surface area contributed by atoms with Gasteiger partial charge >= 0.3 is 0 Å². The fraction of sp³-hybridized carbons (Fsp3) is 0.333. The number of benzene rings is 2. The Morgan fingerprint density at radius 3 is 2.12 bits per heavy atom. The second-order valence-corrected chi connectivity index (χ2v) is 14.1. The Kier molecular flexibility index (Phi) is 6.79. The Balaban J connectivity index is 2.27. The zero-order valence-electron chi connectivity index (χ0n) is 16.6. The molecule has 0 aliphatic rings. The van der Waals surface area contributed by atoms with E-state index in [1.807, 2.05) is 67.6 Å². The van der Waals surface area contributed by atoms with Gasteiger partial charge in [-0.05, 0) is 30.5 Å². The summed E-state index contributed by atoms with van der Waals surface area (Å²) in [6.07, 6.45) is 4.75. The summed E-state index contributed by atoms with van der Waals surface area (Å²) >= 11 is 0. The molecule has 0 radical (unpaired) electrons. The summed E-state index contributed by atoms with van der Waals surface area (Å²) in [4.78, 5) is 0. The number of hydrogen-bond acceptors (Lipinski definition) is 1. The van der Waals surface area contributed by atoms with Crippen LogP contribution >= 0.6 is 0 Å². The van der Waals surface area contributed by atoms with E-state index in [2.05, 4.69) is 38.4 Å². The van der Waals surface area contributed by atoms with Crippen LogP contribution in [-0.4, -0.2) is 18.8 Å². The van der Waals surface area contributed by atoms with Gasteiger partial charge < -0.3 is 5.11 Å². The van der Waals surface area contributed by atoms with Gasteiger partial charge in [-0.1, -0.05) is 98.0 Å². The SMILES string of the molecule is C=C(CC(c1ccccc1)C(C)(O)/C=C/c1ccccc1)C[Si](C)(C)C. The number of hydrogen-bond donors (Lipinski definition) is 1. The first-order valence-corrected chi connectivity index (χ1v) is 13.1. The topological polar surface area (TPSA) is 20.2 Å². The van der Waals surface area contributed by atoms with Crippen LogP contribution in [0.4, 0.5) is 0 Å². The molecule has 2 rings (SSSR count). The zero-order chi connectivity index (χ0) is 19.2. The van der Waals surface area contributed by atoms with E-state index in [-0.39, 0.29) is 5.92 Å². The second-order valence-electron chi connectivity index (χ2n) is 8.62. The van der Waals surface area contributed by atoms with Crippen molar-refractivity contribution in [3.8, 4) is 0 Å². The molecule has 2 heteroatoms. The van der Waals surface area contributed by atoms with Gasteiger partial charge in [0.2, 0.25) is 0 Å². The standard InChI is InChI=1S/C24H32OSi/c1-20(19-26(3,4)5)18-23(22-14-10-7-11-15-22)24(2,25)17-16-21-12-8-6-9-13-21/h6-17,23,25H,1,18-19H2,2-5H3/b17-16+. The lowest BCUT2D eigenvalue weighted by atomic mass is 9.79. The van der Waals surface area contributed by atoms with E-state index in [0.29, 0.717) is 0 Å². The molecule has 2 aromatic carbocycles. The van der Waals surface area contributed by atoms with Gasteiger partial charge in [0.05, 0.1) is 5.60 Å². The fourth-order valence-corrected chi connectivity index (χ4v) is 5.05. The van der Waals surface area contributed by atoms with Crippen molar-refractivity contribution in [2.24, 2.45) is 0 Å². The molecule has 0 aliphatic carbocycles. The first kappa shape index (κ1) is 20.4. The third-order valence-corrected chi connectivity index (χ3v) is 6.15. The molecule has 0 fully saturated rings. The molecule has 26 heavy (non-hydrogen) atoms. The summed E-state index contributed by atoms with van der Waals surface area (Å²) in [6.45, 7) is 13.3. The van der Waals surface area contributed by atoms with E-state index in [1.54, 1.807) is 0 Å². The Hall–Kier alpha value is -1.90. The Morgan fingerprint density at radius 2 is 1.58 bits per heavy atom. The Morgan fingerprint density at radius 1 is 1.04 bits per heavy atom. The number of rotatable bonds is 8. The molecule has 0 saturated carbocycles. The fourth-order valence-electron chi connectivity index (χ4n) is 3.40. The van der Waals surface area contributed by atoms with Gasteiger partial charge in [0.1, 0.15) is 0 Å². The van der Waals surface area contributed by atoms with Crippen molar-refractivity contribution in [3.63, 3.8) is 0 Å². The van der Waals surface area contributed by atoms with E-state index < -0.39 is 13.7 Å². The van der Waals surface area contributed by atoms with E-state index >= 15 is 0 Å².